The average Bonchev–Trinajstić information content (AvgIpc) is 2.44. The molecule has 0 aliphatic heterocycles. The van der Waals surface area contributed by atoms with Crippen LogP contribution < -0.4 is 5.14 Å². The third-order valence-electron chi connectivity index (χ3n) is 3.60. The van der Waals surface area contributed by atoms with Gasteiger partial charge in [0.15, 0.2) is 0 Å². The van der Waals surface area contributed by atoms with Gasteiger partial charge < -0.3 is 0 Å². The smallest absolute Gasteiger partial charge is 0.0310 e. The SMILES string of the molecule is NSc1cc2cccc3ccc4cccc1c4c32. The fourth-order valence-electron chi connectivity index (χ4n) is 2.83. The van der Waals surface area contributed by atoms with E-state index in [4.69, 9.17) is 5.14 Å². The van der Waals surface area contributed by atoms with Crippen molar-refractivity contribution in [3.63, 3.8) is 0 Å². The van der Waals surface area contributed by atoms with Gasteiger partial charge in [-0.25, -0.2) is 0 Å². The van der Waals surface area contributed by atoms with Crippen LogP contribution in [0.5, 0.6) is 0 Å². The summed E-state index contributed by atoms with van der Waals surface area (Å²) >= 11 is 1.33. The average molecular weight is 249 g/mol. The Labute approximate surface area is 109 Å². The van der Waals surface area contributed by atoms with Gasteiger partial charge in [-0.15, -0.1) is 0 Å². The van der Waals surface area contributed by atoms with Crippen LogP contribution in [0.4, 0.5) is 0 Å². The van der Waals surface area contributed by atoms with Crippen molar-refractivity contribution in [3.05, 3.63) is 54.6 Å². The van der Waals surface area contributed by atoms with Gasteiger partial charge in [-0.1, -0.05) is 48.5 Å². The fraction of sp³-hybridized carbons (Fsp3) is 0. The van der Waals surface area contributed by atoms with Gasteiger partial charge in [-0.3, -0.25) is 5.14 Å². The number of benzene rings is 4. The lowest BCUT2D eigenvalue weighted by molar-refractivity contribution is 1.58. The highest BCUT2D eigenvalue weighted by atomic mass is 32.2. The highest BCUT2D eigenvalue weighted by Crippen LogP contribution is 2.38. The Bertz CT molecular complexity index is 867. The van der Waals surface area contributed by atoms with Crippen LogP contribution in [0, 0.1) is 0 Å². The first kappa shape index (κ1) is 10.2. The Balaban J connectivity index is 2.43. The Morgan fingerprint density at radius 2 is 1.39 bits per heavy atom. The van der Waals surface area contributed by atoms with Crippen LogP contribution in [-0.2, 0) is 0 Å². The predicted octanol–water partition coefficient (Wildman–Crippen LogP) is 4.55. The standard InChI is InChI=1S/C16H11NS/c17-18-14-9-12-5-1-3-10-7-8-11-4-2-6-13(14)16(11)15(10)12/h1-9H,17H2. The van der Waals surface area contributed by atoms with Crippen molar-refractivity contribution in [2.45, 2.75) is 4.90 Å². The normalized spacial score (nSPS) is 11.8. The Morgan fingerprint density at radius 3 is 2.17 bits per heavy atom. The first-order valence-electron chi connectivity index (χ1n) is 5.92. The second-order valence-corrected chi connectivity index (χ2v) is 5.22. The molecule has 4 aromatic carbocycles. The summed E-state index contributed by atoms with van der Waals surface area (Å²) in [6.45, 7) is 0. The fourth-order valence-corrected chi connectivity index (χ4v) is 3.32. The summed E-state index contributed by atoms with van der Waals surface area (Å²) < 4.78 is 0. The molecule has 0 atom stereocenters. The third-order valence-corrected chi connectivity index (χ3v) is 4.19. The van der Waals surface area contributed by atoms with Crippen molar-refractivity contribution in [3.8, 4) is 0 Å². The van der Waals surface area contributed by atoms with Crippen molar-refractivity contribution >= 4 is 44.3 Å². The largest absolute Gasteiger partial charge is 0.274 e. The van der Waals surface area contributed by atoms with E-state index >= 15 is 0 Å². The van der Waals surface area contributed by atoms with E-state index in [9.17, 15) is 0 Å². The van der Waals surface area contributed by atoms with Crippen LogP contribution in [0.2, 0.25) is 0 Å². The molecule has 0 unspecified atom stereocenters. The molecule has 0 fully saturated rings. The maximum atomic E-state index is 5.81. The van der Waals surface area contributed by atoms with E-state index in [-0.39, 0.29) is 0 Å². The zero-order valence-electron chi connectivity index (χ0n) is 9.68. The molecule has 0 saturated carbocycles. The predicted molar refractivity (Wildman–Crippen MR) is 80.2 cm³/mol. The molecule has 0 spiro atoms. The quantitative estimate of drug-likeness (QED) is 0.395. The molecule has 86 valence electrons. The maximum absolute atomic E-state index is 5.81. The number of rotatable bonds is 1. The highest BCUT2D eigenvalue weighted by Gasteiger charge is 2.10. The van der Waals surface area contributed by atoms with E-state index in [0.29, 0.717) is 0 Å². The summed E-state index contributed by atoms with van der Waals surface area (Å²) in [7, 11) is 0. The van der Waals surface area contributed by atoms with Crippen LogP contribution in [0.15, 0.2) is 59.5 Å². The molecule has 0 radical (unpaired) electrons. The van der Waals surface area contributed by atoms with E-state index in [2.05, 4.69) is 54.6 Å². The molecule has 2 N–H and O–H groups in total. The van der Waals surface area contributed by atoms with Crippen molar-refractivity contribution in [2.24, 2.45) is 5.14 Å². The van der Waals surface area contributed by atoms with Crippen LogP contribution in [0.1, 0.15) is 0 Å². The molecule has 0 aliphatic carbocycles. The van der Waals surface area contributed by atoms with Crippen molar-refractivity contribution in [1.29, 1.82) is 0 Å². The minimum absolute atomic E-state index is 1.15. The van der Waals surface area contributed by atoms with Gasteiger partial charge in [0.05, 0.1) is 0 Å². The monoisotopic (exact) mass is 249 g/mol. The topological polar surface area (TPSA) is 26.0 Å². The lowest BCUT2D eigenvalue weighted by Gasteiger charge is -2.12. The van der Waals surface area contributed by atoms with Gasteiger partial charge in [-0.05, 0) is 50.3 Å². The molecule has 4 rings (SSSR count). The van der Waals surface area contributed by atoms with E-state index in [1.54, 1.807) is 0 Å². The summed E-state index contributed by atoms with van der Waals surface area (Å²) in [6, 6.07) is 19.4. The summed E-state index contributed by atoms with van der Waals surface area (Å²) in [5.41, 5.74) is 0. The van der Waals surface area contributed by atoms with Crippen LogP contribution in [0.3, 0.4) is 0 Å². The van der Waals surface area contributed by atoms with Gasteiger partial charge in [0, 0.05) is 4.90 Å². The number of hydrogen-bond donors (Lipinski definition) is 1. The van der Waals surface area contributed by atoms with Crippen LogP contribution >= 0.6 is 11.9 Å². The molecule has 0 heterocycles. The van der Waals surface area contributed by atoms with E-state index in [0.717, 1.165) is 4.90 Å². The lowest BCUT2D eigenvalue weighted by Crippen LogP contribution is -1.88. The molecular formula is C16H11NS. The van der Waals surface area contributed by atoms with E-state index in [1.165, 1.54) is 44.3 Å². The zero-order valence-corrected chi connectivity index (χ0v) is 10.5. The molecule has 0 saturated heterocycles. The molecule has 2 heteroatoms. The zero-order chi connectivity index (χ0) is 12.1. The van der Waals surface area contributed by atoms with Crippen molar-refractivity contribution < 1.29 is 0 Å². The highest BCUT2D eigenvalue weighted by molar-refractivity contribution is 7.97. The Hall–Kier alpha value is -1.77. The summed E-state index contributed by atoms with van der Waals surface area (Å²) in [5, 5.41) is 13.6. The minimum Gasteiger partial charge on any atom is -0.274 e. The summed E-state index contributed by atoms with van der Waals surface area (Å²) in [5.74, 6) is 0. The van der Waals surface area contributed by atoms with Gasteiger partial charge in [0.25, 0.3) is 0 Å². The number of nitrogens with two attached hydrogens (primary N) is 1. The molecule has 0 aromatic heterocycles. The van der Waals surface area contributed by atoms with Crippen LogP contribution in [0.25, 0.3) is 32.3 Å². The maximum Gasteiger partial charge on any atom is 0.0310 e. The summed E-state index contributed by atoms with van der Waals surface area (Å²) in [4.78, 5) is 1.15. The molecule has 0 aliphatic rings. The molecular weight excluding hydrogens is 238 g/mol. The van der Waals surface area contributed by atoms with Crippen LogP contribution in [-0.4, -0.2) is 0 Å². The van der Waals surface area contributed by atoms with E-state index < -0.39 is 0 Å². The second-order valence-electron chi connectivity index (χ2n) is 4.54. The number of hydrogen-bond acceptors (Lipinski definition) is 2. The van der Waals surface area contributed by atoms with Gasteiger partial charge in [-0.2, -0.15) is 0 Å². The Kier molecular flexibility index (Phi) is 2.04. The molecule has 1 nitrogen and oxygen atoms in total. The molecule has 0 amide bonds. The summed E-state index contributed by atoms with van der Waals surface area (Å²) in [6.07, 6.45) is 0. The first-order chi connectivity index (χ1) is 8.88. The second kappa shape index (κ2) is 3.61. The van der Waals surface area contributed by atoms with Gasteiger partial charge >= 0.3 is 0 Å². The Morgan fingerprint density at radius 1 is 0.722 bits per heavy atom. The first-order valence-corrected chi connectivity index (χ1v) is 6.80. The molecule has 0 bridgehead atoms. The molecule has 4 aromatic rings. The van der Waals surface area contributed by atoms with Crippen molar-refractivity contribution in [2.75, 3.05) is 0 Å². The van der Waals surface area contributed by atoms with Crippen molar-refractivity contribution in [1.82, 2.24) is 0 Å². The lowest BCUT2D eigenvalue weighted by atomic mass is 9.94. The third kappa shape index (κ3) is 1.22. The van der Waals surface area contributed by atoms with Gasteiger partial charge in [0.1, 0.15) is 0 Å². The van der Waals surface area contributed by atoms with Gasteiger partial charge in [0.2, 0.25) is 0 Å². The molecule has 18 heavy (non-hydrogen) atoms. The van der Waals surface area contributed by atoms with E-state index in [1.807, 2.05) is 0 Å². The minimum atomic E-state index is 1.15.